The number of rotatable bonds is 6. The molecular formula is C51H32N4S. The summed E-state index contributed by atoms with van der Waals surface area (Å²) in [5.74, 6) is 1.54. The Bertz CT molecular complexity index is 3750. The topological polar surface area (TPSA) is 43.6 Å². The highest BCUT2D eigenvalue weighted by molar-refractivity contribution is 7.25. The van der Waals surface area contributed by atoms with Crippen LogP contribution in [0, 0.1) is 0 Å². The summed E-state index contributed by atoms with van der Waals surface area (Å²) in [6.45, 7) is 0. The lowest BCUT2D eigenvalue weighted by Gasteiger charge is -2.16. The molecule has 56 heavy (non-hydrogen) atoms. The fraction of sp³-hybridized carbons (Fsp3) is 0. The largest absolute Gasteiger partial charge is 0.308 e. The van der Waals surface area contributed by atoms with Crippen molar-refractivity contribution in [1.82, 2.24) is 19.5 Å². The number of aromatic nitrogens is 4. The van der Waals surface area contributed by atoms with E-state index in [1.54, 1.807) is 34.1 Å². The van der Waals surface area contributed by atoms with Crippen molar-refractivity contribution < 1.29 is 12.3 Å². The minimum Gasteiger partial charge on any atom is -0.308 e. The Morgan fingerprint density at radius 2 is 1.02 bits per heavy atom. The van der Waals surface area contributed by atoms with Crippen LogP contribution in [0.5, 0.6) is 0 Å². The van der Waals surface area contributed by atoms with Gasteiger partial charge in [0, 0.05) is 58.8 Å². The van der Waals surface area contributed by atoms with Crippen LogP contribution >= 0.6 is 11.3 Å². The van der Waals surface area contributed by atoms with Crippen LogP contribution in [-0.2, 0) is 0 Å². The zero-order chi connectivity index (χ0) is 44.8. The van der Waals surface area contributed by atoms with E-state index in [2.05, 4.69) is 30.3 Å². The van der Waals surface area contributed by atoms with E-state index in [0.717, 1.165) is 27.0 Å². The van der Waals surface area contributed by atoms with Gasteiger partial charge < -0.3 is 4.57 Å². The predicted octanol–water partition coefficient (Wildman–Crippen LogP) is 13.7. The van der Waals surface area contributed by atoms with Crippen molar-refractivity contribution in [1.29, 1.82) is 0 Å². The number of thiophene rings is 1. The van der Waals surface area contributed by atoms with Crippen molar-refractivity contribution in [2.24, 2.45) is 0 Å². The standard InChI is InChI=1S/C51H32N4S/c1-3-14-33(15-4-1)39-21-13-22-43-40-19-8-11-24-45(40)55(48(39)43)44-23-10-7-18-38(44)34-26-28-36(29-27-34)50-52-49(35-16-5-2-6-17-35)53-51(54-50)37-30-31-42-41-20-9-12-25-46(41)56-47(42)32-37/h1-32H/i1D,3D,4D,8D,11D,14D,15D,19D,24D. The number of hydrogen-bond acceptors (Lipinski definition) is 4. The van der Waals surface area contributed by atoms with Crippen LogP contribution in [0.2, 0.25) is 0 Å². The van der Waals surface area contributed by atoms with Crippen molar-refractivity contribution >= 4 is 53.3 Å². The van der Waals surface area contributed by atoms with Gasteiger partial charge in [0.2, 0.25) is 0 Å². The molecule has 0 saturated heterocycles. The van der Waals surface area contributed by atoms with Gasteiger partial charge in [-0.3, -0.25) is 0 Å². The molecule has 262 valence electrons. The van der Waals surface area contributed by atoms with Crippen molar-refractivity contribution in [2.75, 3.05) is 0 Å². The van der Waals surface area contributed by atoms with Crippen molar-refractivity contribution in [2.45, 2.75) is 0 Å². The first-order valence-corrected chi connectivity index (χ1v) is 18.9. The molecule has 0 saturated carbocycles. The van der Waals surface area contributed by atoms with Crippen LogP contribution in [0.4, 0.5) is 0 Å². The number of hydrogen-bond donors (Lipinski definition) is 0. The van der Waals surface area contributed by atoms with Crippen LogP contribution in [0.15, 0.2) is 194 Å². The Kier molecular flexibility index (Phi) is 5.75. The third-order valence-electron chi connectivity index (χ3n) is 10.1. The lowest BCUT2D eigenvalue weighted by Crippen LogP contribution is -2.00. The number of benzene rings is 8. The van der Waals surface area contributed by atoms with Crippen molar-refractivity contribution in [3.63, 3.8) is 0 Å². The Morgan fingerprint density at radius 3 is 1.86 bits per heavy atom. The molecule has 0 N–H and O–H groups in total. The van der Waals surface area contributed by atoms with Gasteiger partial charge >= 0.3 is 0 Å². The van der Waals surface area contributed by atoms with Gasteiger partial charge in [0.05, 0.1) is 29.1 Å². The zero-order valence-corrected chi connectivity index (χ0v) is 30.3. The molecule has 0 unspecified atom stereocenters. The van der Waals surface area contributed by atoms with Crippen LogP contribution < -0.4 is 0 Å². The van der Waals surface area contributed by atoms with Crippen molar-refractivity contribution in [3.8, 4) is 62.1 Å². The van der Waals surface area contributed by atoms with Gasteiger partial charge in [0.15, 0.2) is 17.5 Å². The molecule has 4 nitrogen and oxygen atoms in total. The second-order valence-electron chi connectivity index (χ2n) is 13.3. The van der Waals surface area contributed by atoms with Gasteiger partial charge in [-0.25, -0.2) is 15.0 Å². The van der Waals surface area contributed by atoms with E-state index >= 15 is 0 Å². The summed E-state index contributed by atoms with van der Waals surface area (Å²) in [5.41, 5.74) is 5.28. The fourth-order valence-corrected chi connectivity index (χ4v) is 8.67. The predicted molar refractivity (Wildman–Crippen MR) is 234 cm³/mol. The highest BCUT2D eigenvalue weighted by atomic mass is 32.1. The summed E-state index contributed by atoms with van der Waals surface area (Å²) in [5, 5.41) is 3.07. The van der Waals surface area contributed by atoms with E-state index in [1.807, 2.05) is 91.0 Å². The number of nitrogens with zero attached hydrogens (tertiary/aromatic N) is 4. The molecule has 0 fully saturated rings. The molecule has 0 aliphatic carbocycles. The smallest absolute Gasteiger partial charge is 0.164 e. The molecule has 11 aromatic rings. The Hall–Kier alpha value is -7.21. The Labute approximate surface area is 340 Å². The van der Waals surface area contributed by atoms with Crippen LogP contribution in [0.1, 0.15) is 12.3 Å². The van der Waals surface area contributed by atoms with Crippen LogP contribution in [0.25, 0.3) is 104 Å². The minimum atomic E-state index is -0.525. The average molecular weight is 742 g/mol. The number of fused-ring (bicyclic) bond motifs is 6. The van der Waals surface area contributed by atoms with E-state index in [4.69, 9.17) is 25.9 Å². The first kappa shape index (κ1) is 24.2. The molecule has 3 heterocycles. The lowest BCUT2D eigenvalue weighted by atomic mass is 10.00. The summed E-state index contributed by atoms with van der Waals surface area (Å²) in [6, 6.07) is 41.1. The SMILES string of the molecule is [2H]c1c([2H])c([2H])c(-c2cccc3c4c([2H])c([2H])c([2H])c([2H])c4n(-c4ccccc4-c4ccc(-c5nc(-c6ccccc6)nc(-c6ccc7c(c6)sc6ccccc67)n5)cc4)c23)c([2H])c1[2H]. The van der Waals surface area contributed by atoms with Gasteiger partial charge in [-0.05, 0) is 35.4 Å². The molecule has 0 spiro atoms. The van der Waals surface area contributed by atoms with E-state index in [1.165, 1.54) is 15.5 Å². The van der Waals surface area contributed by atoms with Gasteiger partial charge in [-0.2, -0.15) is 0 Å². The highest BCUT2D eigenvalue weighted by Crippen LogP contribution is 2.41. The summed E-state index contributed by atoms with van der Waals surface area (Å²) >= 11 is 1.73. The van der Waals surface area contributed by atoms with E-state index in [9.17, 15) is 1.37 Å². The summed E-state index contributed by atoms with van der Waals surface area (Å²) in [4.78, 5) is 15.0. The van der Waals surface area contributed by atoms with Crippen molar-refractivity contribution in [3.05, 3.63) is 194 Å². The molecule has 0 atom stereocenters. The summed E-state index contributed by atoms with van der Waals surface area (Å²) in [6.07, 6.45) is 0. The van der Waals surface area contributed by atoms with Crippen LogP contribution in [0.3, 0.4) is 0 Å². The Morgan fingerprint density at radius 1 is 0.411 bits per heavy atom. The third-order valence-corrected chi connectivity index (χ3v) is 11.2. The van der Waals surface area contributed by atoms with E-state index < -0.39 is 42.3 Å². The molecule has 0 aliphatic rings. The molecule has 5 heteroatoms. The fourth-order valence-electron chi connectivity index (χ4n) is 7.52. The average Bonchev–Trinajstić information content (AvgIpc) is 3.90. The Balaban J connectivity index is 1.10. The first-order valence-electron chi connectivity index (χ1n) is 22.5. The first-order chi connectivity index (χ1) is 31.5. The molecular weight excluding hydrogens is 701 g/mol. The quantitative estimate of drug-likeness (QED) is 0.170. The molecule has 11 rings (SSSR count). The maximum atomic E-state index is 9.24. The molecule has 0 aliphatic heterocycles. The second-order valence-corrected chi connectivity index (χ2v) is 14.4. The molecule has 3 aromatic heterocycles. The lowest BCUT2D eigenvalue weighted by molar-refractivity contribution is 1.07. The van der Waals surface area contributed by atoms with E-state index in [-0.39, 0.29) is 34.1 Å². The molecule has 0 bridgehead atoms. The molecule has 0 amide bonds. The monoisotopic (exact) mass is 741 g/mol. The molecule has 8 aromatic carbocycles. The van der Waals surface area contributed by atoms with Gasteiger partial charge in [-0.1, -0.05) is 170 Å². The maximum absolute atomic E-state index is 9.24. The highest BCUT2D eigenvalue weighted by Gasteiger charge is 2.19. The van der Waals surface area contributed by atoms with Gasteiger partial charge in [0.1, 0.15) is 0 Å². The molecule has 0 radical (unpaired) electrons. The maximum Gasteiger partial charge on any atom is 0.164 e. The van der Waals surface area contributed by atoms with Gasteiger partial charge in [-0.15, -0.1) is 11.3 Å². The third kappa shape index (κ3) is 5.40. The zero-order valence-electron chi connectivity index (χ0n) is 38.5. The van der Waals surface area contributed by atoms with Gasteiger partial charge in [0.25, 0.3) is 0 Å². The normalized spacial score (nSPS) is 13.8. The summed E-state index contributed by atoms with van der Waals surface area (Å²) < 4.78 is 82.8. The van der Waals surface area contributed by atoms with Crippen LogP contribution in [-0.4, -0.2) is 19.5 Å². The summed E-state index contributed by atoms with van der Waals surface area (Å²) in [7, 11) is 0. The van der Waals surface area contributed by atoms with E-state index in [0.29, 0.717) is 39.6 Å². The number of para-hydroxylation sites is 3. The second kappa shape index (κ2) is 13.3. The minimum absolute atomic E-state index is 0.0434.